The van der Waals surface area contributed by atoms with Crippen LogP contribution in [-0.2, 0) is 10.3 Å². The zero-order valence-electron chi connectivity index (χ0n) is 24.7. The number of imidazole rings is 1. The van der Waals surface area contributed by atoms with Crippen molar-refractivity contribution in [3.05, 3.63) is 108 Å². The number of hydrogen-bond acceptors (Lipinski definition) is 10. The molecule has 1 aliphatic rings. The Balaban J connectivity index is 1.58. The molecule has 11 nitrogen and oxygen atoms in total. The van der Waals surface area contributed by atoms with Gasteiger partial charge in [0.25, 0.3) is 0 Å². The molecule has 0 aliphatic carbocycles. The summed E-state index contributed by atoms with van der Waals surface area (Å²) < 4.78 is 18.6. The molecule has 0 radical (unpaired) electrons. The van der Waals surface area contributed by atoms with Gasteiger partial charge < -0.3 is 34.8 Å². The third kappa shape index (κ3) is 5.04. The van der Waals surface area contributed by atoms with Gasteiger partial charge in [0.2, 0.25) is 11.8 Å². The lowest BCUT2D eigenvalue weighted by molar-refractivity contribution is -0.0721. The highest BCUT2D eigenvalue weighted by Crippen LogP contribution is 2.42. The van der Waals surface area contributed by atoms with Crippen molar-refractivity contribution >= 4 is 17.1 Å². The summed E-state index contributed by atoms with van der Waals surface area (Å²) in [5.41, 5.74) is 0.0418. The van der Waals surface area contributed by atoms with E-state index in [2.05, 4.69) is 16.2 Å². The summed E-state index contributed by atoms with van der Waals surface area (Å²) >= 11 is 0. The maximum Gasteiger partial charge on any atom is 0.247 e. The van der Waals surface area contributed by atoms with E-state index in [0.717, 1.165) is 16.7 Å². The predicted molar refractivity (Wildman–Crippen MR) is 167 cm³/mol. The van der Waals surface area contributed by atoms with Crippen LogP contribution in [0, 0.1) is 12.3 Å². The molecule has 0 unspecified atom stereocenters. The van der Waals surface area contributed by atoms with Gasteiger partial charge in [-0.25, -0.2) is 4.98 Å². The molecule has 0 bridgehead atoms. The third-order valence-electron chi connectivity index (χ3n) is 8.05. The fraction of sp³-hybridized carbons (Fsp3) is 0.265. The maximum absolute atomic E-state index is 11.3. The fourth-order valence-corrected chi connectivity index (χ4v) is 5.81. The normalized spacial score (nSPS) is 21.4. The highest BCUT2D eigenvalue weighted by Gasteiger charge is 2.56. The van der Waals surface area contributed by atoms with E-state index >= 15 is 0 Å². The van der Waals surface area contributed by atoms with Crippen molar-refractivity contribution in [2.24, 2.45) is 0 Å². The Morgan fingerprint density at radius 1 is 1.00 bits per heavy atom. The van der Waals surface area contributed by atoms with Crippen molar-refractivity contribution in [3.8, 4) is 24.0 Å². The molecule has 0 saturated carbocycles. The number of methoxy groups -OCH3 is 1. The molecule has 11 heteroatoms. The number of benzene rings is 3. The second-order valence-corrected chi connectivity index (χ2v) is 10.6. The van der Waals surface area contributed by atoms with Gasteiger partial charge in [0, 0.05) is 0 Å². The molecule has 2 aromatic heterocycles. The molecule has 0 amide bonds. The number of fused-ring (bicyclic) bond motifs is 1. The third-order valence-corrected chi connectivity index (χ3v) is 8.05. The van der Waals surface area contributed by atoms with E-state index in [9.17, 15) is 15.3 Å². The molecule has 4 N–H and O–H groups in total. The molecule has 3 heterocycles. The standard InChI is InChI=1S/C34H33N5O6/c1-4-33(42)28(41)26(20-40)45-31(33)39-21-35-27-29(39)36-32(37-30(27)44-5-2)38-34(22-12-8-6-9-13-22,23-14-10-7-11-15-23)24-16-18-25(43-3)19-17-24/h1,6-19,21,26,28,31,40-42H,5,20H2,2-3H3,(H,36,37,38)/t26-,28-,31-,33-/m1/s1. The number of rotatable bonds is 10. The molecule has 1 saturated heterocycles. The summed E-state index contributed by atoms with van der Waals surface area (Å²) in [7, 11) is 1.62. The van der Waals surface area contributed by atoms with Crippen molar-refractivity contribution in [3.63, 3.8) is 0 Å². The van der Waals surface area contributed by atoms with Gasteiger partial charge in [0.1, 0.15) is 23.5 Å². The molecular formula is C34H33N5O6. The number of aliphatic hydroxyl groups is 3. The predicted octanol–water partition coefficient (Wildman–Crippen LogP) is 3.25. The second kappa shape index (κ2) is 12.2. The molecule has 4 atom stereocenters. The van der Waals surface area contributed by atoms with Crippen LogP contribution in [0.3, 0.4) is 0 Å². The lowest BCUT2D eigenvalue weighted by Crippen LogP contribution is -2.45. The van der Waals surface area contributed by atoms with Gasteiger partial charge in [0.15, 0.2) is 23.0 Å². The molecule has 45 heavy (non-hydrogen) atoms. The van der Waals surface area contributed by atoms with Gasteiger partial charge in [-0.05, 0) is 35.7 Å². The number of hydrogen-bond donors (Lipinski definition) is 4. The van der Waals surface area contributed by atoms with Crippen LogP contribution in [0.2, 0.25) is 0 Å². The Bertz CT molecular complexity index is 1770. The van der Waals surface area contributed by atoms with E-state index in [1.54, 1.807) is 7.11 Å². The van der Waals surface area contributed by atoms with Crippen molar-refractivity contribution in [2.75, 3.05) is 25.6 Å². The van der Waals surface area contributed by atoms with E-state index in [0.29, 0.717) is 17.9 Å². The zero-order chi connectivity index (χ0) is 31.6. The number of nitrogens with zero attached hydrogens (tertiary/aromatic N) is 4. The Morgan fingerprint density at radius 2 is 1.62 bits per heavy atom. The minimum atomic E-state index is -2.17. The van der Waals surface area contributed by atoms with E-state index in [-0.39, 0.29) is 17.5 Å². The van der Waals surface area contributed by atoms with Crippen LogP contribution < -0.4 is 14.8 Å². The smallest absolute Gasteiger partial charge is 0.247 e. The van der Waals surface area contributed by atoms with Crippen LogP contribution >= 0.6 is 0 Å². The quantitative estimate of drug-likeness (QED) is 0.138. The zero-order valence-corrected chi connectivity index (χ0v) is 24.7. The van der Waals surface area contributed by atoms with Gasteiger partial charge in [-0.15, -0.1) is 6.42 Å². The first kappa shape index (κ1) is 30.1. The molecule has 0 spiro atoms. The Hall–Kier alpha value is -4.99. The van der Waals surface area contributed by atoms with Crippen LogP contribution in [0.15, 0.2) is 91.3 Å². The van der Waals surface area contributed by atoms with E-state index in [4.69, 9.17) is 30.6 Å². The number of aliphatic hydroxyl groups excluding tert-OH is 2. The van der Waals surface area contributed by atoms with Crippen LogP contribution in [0.4, 0.5) is 5.95 Å². The monoisotopic (exact) mass is 607 g/mol. The van der Waals surface area contributed by atoms with Gasteiger partial charge >= 0.3 is 0 Å². The first-order valence-electron chi connectivity index (χ1n) is 14.4. The highest BCUT2D eigenvalue weighted by atomic mass is 16.6. The molecule has 5 aromatic rings. The number of anilines is 1. The first-order valence-corrected chi connectivity index (χ1v) is 14.4. The molecule has 1 aliphatic heterocycles. The average molecular weight is 608 g/mol. The van der Waals surface area contributed by atoms with Crippen molar-refractivity contribution < 1.29 is 29.5 Å². The fourth-order valence-electron chi connectivity index (χ4n) is 5.81. The summed E-state index contributed by atoms with van der Waals surface area (Å²) in [6, 6.07) is 27.6. The van der Waals surface area contributed by atoms with Gasteiger partial charge in [0.05, 0.1) is 26.7 Å². The Morgan fingerprint density at radius 3 is 2.18 bits per heavy atom. The van der Waals surface area contributed by atoms with Gasteiger partial charge in [-0.1, -0.05) is 78.7 Å². The highest BCUT2D eigenvalue weighted by molar-refractivity contribution is 5.78. The van der Waals surface area contributed by atoms with E-state index in [1.807, 2.05) is 91.9 Å². The summed E-state index contributed by atoms with van der Waals surface area (Å²) in [5, 5.41) is 35.4. The molecule has 1 fully saturated rings. The first-order chi connectivity index (χ1) is 21.9. The van der Waals surface area contributed by atoms with Crippen molar-refractivity contribution in [1.82, 2.24) is 19.5 Å². The largest absolute Gasteiger partial charge is 0.497 e. The van der Waals surface area contributed by atoms with Crippen molar-refractivity contribution in [1.29, 1.82) is 0 Å². The minimum Gasteiger partial charge on any atom is -0.497 e. The molecule has 6 rings (SSSR count). The van der Waals surface area contributed by atoms with Crippen LogP contribution in [0.25, 0.3) is 11.2 Å². The van der Waals surface area contributed by atoms with E-state index < -0.39 is 36.2 Å². The summed E-state index contributed by atoms with van der Waals surface area (Å²) in [5.74, 6) is 3.32. The van der Waals surface area contributed by atoms with Crippen LogP contribution in [0.1, 0.15) is 29.8 Å². The minimum absolute atomic E-state index is 0.178. The van der Waals surface area contributed by atoms with Gasteiger partial charge in [-0.3, -0.25) is 4.57 Å². The second-order valence-electron chi connectivity index (χ2n) is 10.6. The van der Waals surface area contributed by atoms with Gasteiger partial charge in [-0.2, -0.15) is 9.97 Å². The van der Waals surface area contributed by atoms with Crippen molar-refractivity contribution in [2.45, 2.75) is 36.5 Å². The van der Waals surface area contributed by atoms with E-state index in [1.165, 1.54) is 10.9 Å². The number of nitrogens with one attached hydrogen (secondary N) is 1. The lowest BCUT2D eigenvalue weighted by atomic mass is 9.77. The van der Waals surface area contributed by atoms with Crippen LogP contribution in [-0.4, -0.2) is 73.0 Å². The summed E-state index contributed by atoms with van der Waals surface area (Å²) in [4.78, 5) is 14.1. The number of ether oxygens (including phenoxy) is 3. The molecule has 3 aromatic carbocycles. The maximum atomic E-state index is 11.3. The Labute approximate surface area is 260 Å². The number of aromatic nitrogens is 4. The topological polar surface area (TPSA) is 144 Å². The average Bonchev–Trinajstić information content (AvgIpc) is 3.62. The summed E-state index contributed by atoms with van der Waals surface area (Å²) in [6.45, 7) is 1.56. The summed E-state index contributed by atoms with van der Waals surface area (Å²) in [6.07, 6.45) is 3.08. The lowest BCUT2D eigenvalue weighted by Gasteiger charge is -2.37. The SMILES string of the molecule is C#C[C@@]1(O)[C@H](O)[C@@H](CO)O[C@H]1n1cnc2c(OCC)nc(NC(c3ccccc3)(c3ccccc3)c3ccc(OC)cc3)nc21. The number of terminal acetylenes is 1. The molecular weight excluding hydrogens is 574 g/mol. The molecule has 230 valence electrons. The van der Waals surface area contributed by atoms with Crippen LogP contribution in [0.5, 0.6) is 11.6 Å². The Kier molecular flexibility index (Phi) is 8.14.